The number of hydrogen-bond acceptors (Lipinski definition) is 2. The van der Waals surface area contributed by atoms with Gasteiger partial charge in [0, 0.05) is 5.56 Å². The number of alkyl halides is 5. The Morgan fingerprint density at radius 3 is 2.08 bits per heavy atom. The summed E-state index contributed by atoms with van der Waals surface area (Å²) in [6.07, 6.45) is -0.0934. The molecule has 2 rings (SSSR count). The topological polar surface area (TPSA) is 26.3 Å². The lowest BCUT2D eigenvalue weighted by Gasteiger charge is -2.26. The van der Waals surface area contributed by atoms with E-state index in [2.05, 4.69) is 6.92 Å². The van der Waals surface area contributed by atoms with Crippen molar-refractivity contribution in [1.82, 2.24) is 0 Å². The van der Waals surface area contributed by atoms with Gasteiger partial charge in [-0.2, -0.15) is 22.0 Å². The molecular formula is C18H21F5O2. The summed E-state index contributed by atoms with van der Waals surface area (Å²) >= 11 is 0. The molecule has 0 radical (unpaired) electrons. The number of benzene rings is 1. The Morgan fingerprint density at radius 1 is 1.04 bits per heavy atom. The summed E-state index contributed by atoms with van der Waals surface area (Å²) in [5.41, 5.74) is -1.18. The van der Waals surface area contributed by atoms with Crippen LogP contribution >= 0.6 is 0 Å². The monoisotopic (exact) mass is 364 g/mol. The molecule has 1 aromatic rings. The van der Waals surface area contributed by atoms with Crippen molar-refractivity contribution in [2.24, 2.45) is 11.8 Å². The lowest BCUT2D eigenvalue weighted by atomic mass is 9.80. The highest BCUT2D eigenvalue weighted by molar-refractivity contribution is 5.75. The maximum absolute atomic E-state index is 13.2. The third kappa shape index (κ3) is 4.70. The first-order chi connectivity index (χ1) is 11.6. The van der Waals surface area contributed by atoms with Crippen molar-refractivity contribution in [1.29, 1.82) is 0 Å². The SMILES string of the molecule is CCC[C@H]1CC[C@H](C(=O)Oc2ccc(C(F)(F)C(F)(F)F)cc2)CC1. The molecule has 1 aliphatic carbocycles. The van der Waals surface area contributed by atoms with E-state index in [1.54, 1.807) is 0 Å². The van der Waals surface area contributed by atoms with Crippen LogP contribution in [-0.2, 0) is 10.7 Å². The van der Waals surface area contributed by atoms with Crippen LogP contribution in [0.1, 0.15) is 51.0 Å². The number of carbonyl (C=O) groups excluding carboxylic acids is 1. The molecule has 0 heterocycles. The van der Waals surface area contributed by atoms with E-state index in [-0.39, 0.29) is 11.7 Å². The van der Waals surface area contributed by atoms with Gasteiger partial charge in [-0.3, -0.25) is 4.79 Å². The molecule has 1 fully saturated rings. The zero-order valence-electron chi connectivity index (χ0n) is 13.9. The lowest BCUT2D eigenvalue weighted by Crippen LogP contribution is -2.33. The van der Waals surface area contributed by atoms with Crippen LogP contribution in [0, 0.1) is 11.8 Å². The molecule has 0 spiro atoms. The molecule has 140 valence electrons. The van der Waals surface area contributed by atoms with E-state index in [4.69, 9.17) is 4.74 Å². The van der Waals surface area contributed by atoms with Crippen LogP contribution in [0.3, 0.4) is 0 Å². The summed E-state index contributed by atoms with van der Waals surface area (Å²) in [5.74, 6) is -5.04. The quantitative estimate of drug-likeness (QED) is 0.372. The average molecular weight is 364 g/mol. The molecule has 1 aliphatic rings. The smallest absolute Gasteiger partial charge is 0.426 e. The van der Waals surface area contributed by atoms with Crippen LogP contribution in [0.15, 0.2) is 24.3 Å². The number of rotatable bonds is 5. The largest absolute Gasteiger partial charge is 0.458 e. The van der Waals surface area contributed by atoms with E-state index < -0.39 is 23.6 Å². The van der Waals surface area contributed by atoms with E-state index in [9.17, 15) is 26.7 Å². The summed E-state index contributed by atoms with van der Waals surface area (Å²) in [4.78, 5) is 12.1. The molecule has 0 N–H and O–H groups in total. The molecule has 0 amide bonds. The molecule has 0 aromatic heterocycles. The molecule has 0 unspecified atom stereocenters. The fourth-order valence-electron chi connectivity index (χ4n) is 3.19. The molecule has 1 saturated carbocycles. The number of hydrogen-bond donors (Lipinski definition) is 0. The predicted molar refractivity (Wildman–Crippen MR) is 82.4 cm³/mol. The Labute approximate surface area is 143 Å². The molecule has 0 atom stereocenters. The van der Waals surface area contributed by atoms with Gasteiger partial charge in [0.25, 0.3) is 0 Å². The minimum absolute atomic E-state index is 0.0255. The predicted octanol–water partition coefficient (Wildman–Crippen LogP) is 5.85. The van der Waals surface area contributed by atoms with Gasteiger partial charge in [-0.15, -0.1) is 0 Å². The zero-order valence-corrected chi connectivity index (χ0v) is 13.9. The lowest BCUT2D eigenvalue weighted by molar-refractivity contribution is -0.289. The first kappa shape index (κ1) is 19.7. The molecule has 7 heteroatoms. The van der Waals surface area contributed by atoms with Crippen molar-refractivity contribution in [2.75, 3.05) is 0 Å². The third-order valence-corrected chi connectivity index (χ3v) is 4.67. The fourth-order valence-corrected chi connectivity index (χ4v) is 3.19. The van der Waals surface area contributed by atoms with E-state index in [1.807, 2.05) is 0 Å². The van der Waals surface area contributed by atoms with Gasteiger partial charge in [-0.25, -0.2) is 0 Å². The van der Waals surface area contributed by atoms with Gasteiger partial charge in [-0.1, -0.05) is 19.8 Å². The van der Waals surface area contributed by atoms with Crippen LogP contribution in [0.5, 0.6) is 5.75 Å². The van der Waals surface area contributed by atoms with Crippen molar-refractivity contribution < 1.29 is 31.5 Å². The second-order valence-corrected chi connectivity index (χ2v) is 6.52. The van der Waals surface area contributed by atoms with Gasteiger partial charge >= 0.3 is 18.1 Å². The molecular weight excluding hydrogens is 343 g/mol. The zero-order chi connectivity index (χ0) is 18.7. The minimum atomic E-state index is -5.66. The number of ether oxygens (including phenoxy) is 1. The number of carbonyl (C=O) groups is 1. The van der Waals surface area contributed by atoms with Gasteiger partial charge in [0.2, 0.25) is 0 Å². The Kier molecular flexibility index (Phi) is 6.06. The van der Waals surface area contributed by atoms with Gasteiger partial charge in [0.05, 0.1) is 5.92 Å². The number of esters is 1. The van der Waals surface area contributed by atoms with Crippen LogP contribution in [0.25, 0.3) is 0 Å². The summed E-state index contributed by atoms with van der Waals surface area (Å²) in [7, 11) is 0. The van der Waals surface area contributed by atoms with Gasteiger partial charge in [0.15, 0.2) is 0 Å². The highest BCUT2D eigenvalue weighted by Crippen LogP contribution is 2.44. The summed E-state index contributed by atoms with van der Waals surface area (Å²) in [6.45, 7) is 2.12. The maximum atomic E-state index is 13.2. The van der Waals surface area contributed by atoms with E-state index >= 15 is 0 Å². The van der Waals surface area contributed by atoms with Crippen molar-refractivity contribution >= 4 is 5.97 Å². The molecule has 25 heavy (non-hydrogen) atoms. The summed E-state index contributed by atoms with van der Waals surface area (Å²) in [6, 6.07) is 3.20. The second kappa shape index (κ2) is 7.70. The van der Waals surface area contributed by atoms with Crippen molar-refractivity contribution in [3.05, 3.63) is 29.8 Å². The first-order valence-electron chi connectivity index (χ1n) is 8.42. The number of halogens is 5. The normalized spacial score (nSPS) is 21.8. The average Bonchev–Trinajstić information content (AvgIpc) is 2.55. The van der Waals surface area contributed by atoms with E-state index in [0.29, 0.717) is 30.9 Å². The summed E-state index contributed by atoms with van der Waals surface area (Å²) in [5, 5.41) is 0. The fraction of sp³-hybridized carbons (Fsp3) is 0.611. The highest BCUT2D eigenvalue weighted by atomic mass is 19.4. The van der Waals surface area contributed by atoms with Gasteiger partial charge in [0.1, 0.15) is 5.75 Å². The Morgan fingerprint density at radius 2 is 1.60 bits per heavy atom. The molecule has 0 aliphatic heterocycles. The van der Waals surface area contributed by atoms with E-state index in [1.165, 1.54) is 0 Å². The van der Waals surface area contributed by atoms with Crippen LogP contribution in [-0.4, -0.2) is 12.1 Å². The molecule has 2 nitrogen and oxygen atoms in total. The van der Waals surface area contributed by atoms with Gasteiger partial charge < -0.3 is 4.74 Å². The third-order valence-electron chi connectivity index (χ3n) is 4.67. The molecule has 0 saturated heterocycles. The van der Waals surface area contributed by atoms with Crippen LogP contribution in [0.2, 0.25) is 0 Å². The second-order valence-electron chi connectivity index (χ2n) is 6.52. The summed E-state index contributed by atoms with van der Waals surface area (Å²) < 4.78 is 68.5. The Balaban J connectivity index is 1.94. The molecule has 1 aromatic carbocycles. The molecule has 0 bridgehead atoms. The van der Waals surface area contributed by atoms with Crippen molar-refractivity contribution in [2.45, 2.75) is 57.5 Å². The maximum Gasteiger partial charge on any atom is 0.458 e. The van der Waals surface area contributed by atoms with Crippen molar-refractivity contribution in [3.8, 4) is 5.75 Å². The van der Waals surface area contributed by atoms with E-state index in [0.717, 1.165) is 37.8 Å². The van der Waals surface area contributed by atoms with Crippen LogP contribution < -0.4 is 4.74 Å². The Bertz CT molecular complexity index is 572. The Hall–Kier alpha value is -1.66. The van der Waals surface area contributed by atoms with Crippen molar-refractivity contribution in [3.63, 3.8) is 0 Å². The first-order valence-corrected chi connectivity index (χ1v) is 8.42. The van der Waals surface area contributed by atoms with Crippen LogP contribution in [0.4, 0.5) is 22.0 Å². The highest BCUT2D eigenvalue weighted by Gasteiger charge is 2.58. The minimum Gasteiger partial charge on any atom is -0.426 e. The van der Waals surface area contributed by atoms with Gasteiger partial charge in [-0.05, 0) is 55.9 Å². The standard InChI is InChI=1S/C18H21F5O2/c1-2-3-12-4-6-13(7-5-12)16(24)25-15-10-8-14(9-11-15)17(19,20)18(21,22)23/h8-13H,2-7H2,1H3/t12-,13-.